The molecule has 0 aliphatic heterocycles. The van der Waals surface area contributed by atoms with Crippen LogP contribution in [0.15, 0.2) is 18.2 Å². The van der Waals surface area contributed by atoms with Crippen molar-refractivity contribution in [2.45, 2.75) is 27.2 Å². The van der Waals surface area contributed by atoms with Gasteiger partial charge in [-0.1, -0.05) is 19.1 Å². The predicted octanol–water partition coefficient (Wildman–Crippen LogP) is 2.44. The molecule has 19 heavy (non-hydrogen) atoms. The fourth-order valence-corrected chi connectivity index (χ4v) is 1.97. The van der Waals surface area contributed by atoms with E-state index >= 15 is 0 Å². The number of esters is 1. The zero-order valence-corrected chi connectivity index (χ0v) is 11.5. The van der Waals surface area contributed by atoms with Gasteiger partial charge in [-0.05, 0) is 43.4 Å². The van der Waals surface area contributed by atoms with Gasteiger partial charge in [0.15, 0.2) is 6.61 Å². The van der Waals surface area contributed by atoms with Gasteiger partial charge in [0, 0.05) is 5.69 Å². The molecule has 1 aliphatic carbocycles. The number of aryl methyl sites for hydroxylation is 1. The van der Waals surface area contributed by atoms with Gasteiger partial charge in [-0.3, -0.25) is 9.59 Å². The van der Waals surface area contributed by atoms with E-state index in [4.69, 9.17) is 4.74 Å². The highest BCUT2D eigenvalue weighted by atomic mass is 16.5. The molecule has 1 aromatic rings. The van der Waals surface area contributed by atoms with Crippen LogP contribution in [0.3, 0.4) is 0 Å². The summed E-state index contributed by atoms with van der Waals surface area (Å²) in [4.78, 5) is 23.2. The van der Waals surface area contributed by atoms with Crippen LogP contribution in [0.1, 0.15) is 24.5 Å². The van der Waals surface area contributed by atoms with Gasteiger partial charge in [-0.15, -0.1) is 0 Å². The Morgan fingerprint density at radius 2 is 2.05 bits per heavy atom. The third-order valence-electron chi connectivity index (χ3n) is 3.64. The molecule has 1 fully saturated rings. The molecule has 1 amide bonds. The minimum Gasteiger partial charge on any atom is -0.455 e. The number of hydrogen-bond acceptors (Lipinski definition) is 3. The molecule has 2 rings (SSSR count). The fraction of sp³-hybridized carbons (Fsp3) is 0.467. The summed E-state index contributed by atoms with van der Waals surface area (Å²) in [6.45, 7) is 5.72. The second-order valence-electron chi connectivity index (χ2n) is 5.22. The molecule has 0 heterocycles. The van der Waals surface area contributed by atoms with Gasteiger partial charge < -0.3 is 10.1 Å². The van der Waals surface area contributed by atoms with E-state index < -0.39 is 0 Å². The van der Waals surface area contributed by atoms with E-state index in [0.717, 1.165) is 23.2 Å². The second kappa shape index (κ2) is 5.43. The van der Waals surface area contributed by atoms with E-state index in [0.29, 0.717) is 5.92 Å². The van der Waals surface area contributed by atoms with Crippen LogP contribution in [-0.2, 0) is 14.3 Å². The number of carbonyl (C=O) groups is 2. The molecule has 4 nitrogen and oxygen atoms in total. The summed E-state index contributed by atoms with van der Waals surface area (Å²) in [5, 5.41) is 2.76. The Morgan fingerprint density at radius 3 is 2.68 bits per heavy atom. The lowest BCUT2D eigenvalue weighted by Crippen LogP contribution is -2.22. The Kier molecular flexibility index (Phi) is 3.88. The molecule has 4 heteroatoms. The van der Waals surface area contributed by atoms with E-state index in [9.17, 15) is 9.59 Å². The summed E-state index contributed by atoms with van der Waals surface area (Å²) in [5.74, 6) is -0.165. The Hall–Kier alpha value is -1.84. The van der Waals surface area contributed by atoms with Gasteiger partial charge in [-0.2, -0.15) is 0 Å². The van der Waals surface area contributed by atoms with Crippen molar-refractivity contribution in [2.24, 2.45) is 11.8 Å². The summed E-state index contributed by atoms with van der Waals surface area (Å²) >= 11 is 0. The van der Waals surface area contributed by atoms with Gasteiger partial charge in [-0.25, -0.2) is 0 Å². The number of benzene rings is 1. The van der Waals surface area contributed by atoms with E-state index in [-0.39, 0.29) is 24.4 Å². The molecule has 1 saturated carbocycles. The van der Waals surface area contributed by atoms with Crippen LogP contribution in [0, 0.1) is 25.7 Å². The smallest absolute Gasteiger partial charge is 0.309 e. The maximum absolute atomic E-state index is 11.7. The highest BCUT2D eigenvalue weighted by Crippen LogP contribution is 2.38. The first-order valence-corrected chi connectivity index (χ1v) is 6.51. The molecule has 2 atom stereocenters. The van der Waals surface area contributed by atoms with Gasteiger partial charge in [0.25, 0.3) is 5.91 Å². The minimum atomic E-state index is -0.296. The average Bonchev–Trinajstić information content (AvgIpc) is 3.09. The van der Waals surface area contributed by atoms with Crippen LogP contribution in [-0.4, -0.2) is 18.5 Å². The second-order valence-corrected chi connectivity index (χ2v) is 5.22. The number of hydrogen-bond donors (Lipinski definition) is 1. The number of anilines is 1. The minimum absolute atomic E-state index is 0.00601. The van der Waals surface area contributed by atoms with Crippen molar-refractivity contribution in [3.05, 3.63) is 29.3 Å². The van der Waals surface area contributed by atoms with Gasteiger partial charge in [0.05, 0.1) is 5.92 Å². The SMILES string of the molecule is Cc1cccc(NC(=O)COC(=O)[C@H]2C[C@H]2C)c1C. The zero-order chi connectivity index (χ0) is 14.0. The van der Waals surface area contributed by atoms with Crippen LogP contribution in [0.25, 0.3) is 0 Å². The van der Waals surface area contributed by atoms with Crippen molar-refractivity contribution in [3.63, 3.8) is 0 Å². The van der Waals surface area contributed by atoms with Gasteiger partial charge >= 0.3 is 5.97 Å². The Balaban J connectivity index is 1.84. The van der Waals surface area contributed by atoms with Gasteiger partial charge in [0.1, 0.15) is 0 Å². The lowest BCUT2D eigenvalue weighted by Gasteiger charge is -2.10. The summed E-state index contributed by atoms with van der Waals surface area (Å²) in [6.07, 6.45) is 0.872. The monoisotopic (exact) mass is 261 g/mol. The number of amides is 1. The topological polar surface area (TPSA) is 55.4 Å². The fourth-order valence-electron chi connectivity index (χ4n) is 1.97. The standard InChI is InChI=1S/C15H19NO3/c1-9-5-4-6-13(11(9)3)16-14(17)8-19-15(18)12-7-10(12)2/h4-6,10,12H,7-8H2,1-3H3,(H,16,17)/t10-,12+/m1/s1. The first-order valence-electron chi connectivity index (χ1n) is 6.51. The lowest BCUT2D eigenvalue weighted by atomic mass is 10.1. The quantitative estimate of drug-likeness (QED) is 0.847. The molecule has 0 unspecified atom stereocenters. The van der Waals surface area contributed by atoms with Crippen molar-refractivity contribution in [1.82, 2.24) is 0 Å². The lowest BCUT2D eigenvalue weighted by molar-refractivity contribution is -0.148. The van der Waals surface area contributed by atoms with E-state index in [2.05, 4.69) is 5.32 Å². The normalized spacial score (nSPS) is 20.8. The maximum atomic E-state index is 11.7. The van der Waals surface area contributed by atoms with Crippen molar-refractivity contribution in [1.29, 1.82) is 0 Å². The third kappa shape index (κ3) is 3.34. The third-order valence-corrected chi connectivity index (χ3v) is 3.64. The first kappa shape index (κ1) is 13.6. The van der Waals surface area contributed by atoms with Crippen LogP contribution in [0.5, 0.6) is 0 Å². The summed E-state index contributed by atoms with van der Waals surface area (Å²) in [7, 11) is 0. The molecule has 0 bridgehead atoms. The molecular formula is C15H19NO3. The van der Waals surface area contributed by atoms with Crippen molar-refractivity contribution in [3.8, 4) is 0 Å². The summed E-state index contributed by atoms with van der Waals surface area (Å²) in [5.41, 5.74) is 2.90. The molecule has 0 radical (unpaired) electrons. The van der Waals surface area contributed by atoms with Crippen LogP contribution in [0.4, 0.5) is 5.69 Å². The Bertz CT molecular complexity index is 510. The highest BCUT2D eigenvalue weighted by Gasteiger charge is 2.40. The van der Waals surface area contributed by atoms with E-state index in [1.807, 2.05) is 39.0 Å². The van der Waals surface area contributed by atoms with Crippen LogP contribution >= 0.6 is 0 Å². The molecule has 1 aliphatic rings. The van der Waals surface area contributed by atoms with Crippen LogP contribution < -0.4 is 5.32 Å². The number of ether oxygens (including phenoxy) is 1. The number of nitrogens with one attached hydrogen (secondary N) is 1. The predicted molar refractivity (Wildman–Crippen MR) is 72.8 cm³/mol. The highest BCUT2D eigenvalue weighted by molar-refractivity contribution is 5.93. The van der Waals surface area contributed by atoms with Crippen molar-refractivity contribution in [2.75, 3.05) is 11.9 Å². The Labute approximate surface area is 113 Å². The number of carbonyl (C=O) groups excluding carboxylic acids is 2. The molecule has 0 aromatic heterocycles. The maximum Gasteiger partial charge on any atom is 0.309 e. The zero-order valence-electron chi connectivity index (χ0n) is 11.5. The molecule has 0 spiro atoms. The van der Waals surface area contributed by atoms with Crippen LogP contribution in [0.2, 0.25) is 0 Å². The molecular weight excluding hydrogens is 242 g/mol. The summed E-state index contributed by atoms with van der Waals surface area (Å²) in [6, 6.07) is 5.71. The summed E-state index contributed by atoms with van der Waals surface area (Å²) < 4.78 is 4.99. The first-order chi connectivity index (χ1) is 8.99. The molecule has 1 aromatic carbocycles. The number of rotatable bonds is 4. The van der Waals surface area contributed by atoms with Crippen molar-refractivity contribution >= 4 is 17.6 Å². The Morgan fingerprint density at radius 1 is 1.37 bits per heavy atom. The van der Waals surface area contributed by atoms with E-state index in [1.54, 1.807) is 0 Å². The molecule has 1 N–H and O–H groups in total. The van der Waals surface area contributed by atoms with Gasteiger partial charge in [0.2, 0.25) is 0 Å². The largest absolute Gasteiger partial charge is 0.455 e. The van der Waals surface area contributed by atoms with E-state index in [1.165, 1.54) is 0 Å². The molecule has 102 valence electrons. The molecule has 0 saturated heterocycles. The van der Waals surface area contributed by atoms with Crippen molar-refractivity contribution < 1.29 is 14.3 Å². The average molecular weight is 261 g/mol.